The molecule has 1 saturated heterocycles. The molecule has 12 heteroatoms. The Labute approximate surface area is 304 Å². The van der Waals surface area contributed by atoms with Crippen LogP contribution in [0.5, 0.6) is 0 Å². The summed E-state index contributed by atoms with van der Waals surface area (Å²) in [5.74, 6) is -1.22. The molecule has 4 atom stereocenters. The number of hydrogen-bond acceptors (Lipinski definition) is 8. The minimum absolute atomic E-state index is 0.0479. The number of hydrogen-bond donors (Lipinski definition) is 4. The Hall–Kier alpha value is -3.66. The van der Waals surface area contributed by atoms with Gasteiger partial charge in [-0.2, -0.15) is 0 Å². The second kappa shape index (κ2) is 23.0. The smallest absolute Gasteiger partial charge is 0.333 e. The minimum Gasteiger partial charge on any atom is -0.351 e. The summed E-state index contributed by atoms with van der Waals surface area (Å²) in [4.78, 5) is 62.3. The zero-order valence-corrected chi connectivity index (χ0v) is 31.3. The molecule has 2 aliphatic carbocycles. The van der Waals surface area contributed by atoms with Crippen molar-refractivity contribution in [1.29, 1.82) is 0 Å². The third-order valence-electron chi connectivity index (χ3n) is 9.16. The van der Waals surface area contributed by atoms with Gasteiger partial charge in [0.15, 0.2) is 0 Å². The zero-order valence-electron chi connectivity index (χ0n) is 30.4. The molecule has 3 fully saturated rings. The molecule has 0 radical (unpaired) electrons. The first kappa shape index (κ1) is 41.8. The molecule has 280 valence electrons. The summed E-state index contributed by atoms with van der Waals surface area (Å²) in [7, 11) is -0.567. The number of carbonyl (C=O) groups is 5. The molecule has 1 heterocycles. The fourth-order valence-corrected chi connectivity index (χ4v) is 8.60. The number of nitrogens with two attached hydrogens (primary N) is 2. The van der Waals surface area contributed by atoms with Crippen LogP contribution in [0.2, 0.25) is 0 Å². The molecule has 6 N–H and O–H groups in total. The van der Waals surface area contributed by atoms with Crippen LogP contribution in [0, 0.1) is 0 Å². The standard InChI is InChI=1S/C25H33N2O2P.C8H11NO4.C6H14N2/c1-2-11-24(28)26-22-16-9-10-17-23(22)27-25(29)18-19-30(20-12-5-3-6-13-20)21-14-7-4-8-15-21;1-2-3-8(12)13-9-6(10)4-5-7(9)11;7-5-3-1-2-4-6(5)8/h3-8,12-15,22-23H,2,9-11,16-19H2,1H3,(H,26,28)(H,27,29);2-5H2,1H3;5-6H,1-4,7-8H2/t22-,23-;;5-,6-/m1.1/s1. The first-order valence-electron chi connectivity index (χ1n) is 18.7. The van der Waals surface area contributed by atoms with Crippen molar-refractivity contribution in [2.24, 2.45) is 11.5 Å². The Kier molecular flexibility index (Phi) is 18.8. The van der Waals surface area contributed by atoms with Crippen LogP contribution in [-0.2, 0) is 28.8 Å². The molecule has 11 nitrogen and oxygen atoms in total. The second-order valence-corrected chi connectivity index (χ2v) is 15.7. The number of imide groups is 1. The van der Waals surface area contributed by atoms with E-state index < -0.39 is 25.7 Å². The number of nitrogens with zero attached hydrogens (tertiary/aromatic N) is 1. The van der Waals surface area contributed by atoms with E-state index in [9.17, 15) is 24.0 Å². The molecule has 5 rings (SSSR count). The van der Waals surface area contributed by atoms with Gasteiger partial charge in [0.05, 0.1) is 0 Å². The summed E-state index contributed by atoms with van der Waals surface area (Å²) in [5, 5.41) is 9.54. The van der Waals surface area contributed by atoms with E-state index in [1.165, 1.54) is 23.5 Å². The highest BCUT2D eigenvalue weighted by Crippen LogP contribution is 2.34. The summed E-state index contributed by atoms with van der Waals surface area (Å²) in [6.45, 7) is 3.83. The van der Waals surface area contributed by atoms with Crippen LogP contribution in [-0.4, -0.2) is 65.0 Å². The van der Waals surface area contributed by atoms with Gasteiger partial charge in [0.1, 0.15) is 0 Å². The topological polar surface area (TPSA) is 174 Å². The fourth-order valence-electron chi connectivity index (χ4n) is 6.30. The maximum absolute atomic E-state index is 12.8. The van der Waals surface area contributed by atoms with Crippen LogP contribution in [0.25, 0.3) is 0 Å². The van der Waals surface area contributed by atoms with Crippen LogP contribution in [0.1, 0.15) is 110 Å². The van der Waals surface area contributed by atoms with E-state index in [1.54, 1.807) is 0 Å². The normalized spacial score (nSPS) is 21.5. The molecular weight excluding hydrogens is 665 g/mol. The van der Waals surface area contributed by atoms with E-state index in [0.717, 1.165) is 51.1 Å². The predicted octanol–water partition coefficient (Wildman–Crippen LogP) is 4.46. The summed E-state index contributed by atoms with van der Waals surface area (Å²) in [5.41, 5.74) is 11.3. The number of amides is 4. The lowest BCUT2D eigenvalue weighted by molar-refractivity contribution is -0.197. The summed E-state index contributed by atoms with van der Waals surface area (Å²) in [6, 6.07) is 21.7. The third kappa shape index (κ3) is 14.8. The van der Waals surface area contributed by atoms with E-state index >= 15 is 0 Å². The van der Waals surface area contributed by atoms with E-state index in [2.05, 4.69) is 64.0 Å². The largest absolute Gasteiger partial charge is 0.351 e. The zero-order chi connectivity index (χ0) is 37.0. The van der Waals surface area contributed by atoms with Crippen molar-refractivity contribution in [3.63, 3.8) is 0 Å². The Morgan fingerprint density at radius 2 is 1.12 bits per heavy atom. The lowest BCUT2D eigenvalue weighted by Gasteiger charge is -2.33. The predicted molar refractivity (Wildman–Crippen MR) is 202 cm³/mol. The number of nitrogens with one attached hydrogen (secondary N) is 2. The van der Waals surface area contributed by atoms with Gasteiger partial charge in [-0.3, -0.25) is 19.2 Å². The maximum Gasteiger partial charge on any atom is 0.333 e. The molecule has 3 aliphatic rings. The van der Waals surface area contributed by atoms with Gasteiger partial charge >= 0.3 is 5.97 Å². The highest BCUT2D eigenvalue weighted by molar-refractivity contribution is 7.73. The fraction of sp³-hybridized carbons (Fsp3) is 0.564. The molecule has 0 bridgehead atoms. The Balaban J connectivity index is 0.000000272. The van der Waals surface area contributed by atoms with E-state index in [-0.39, 0.29) is 55.2 Å². The quantitative estimate of drug-likeness (QED) is 0.184. The summed E-state index contributed by atoms with van der Waals surface area (Å²) in [6.07, 6.45) is 12.7. The van der Waals surface area contributed by atoms with Crippen LogP contribution >= 0.6 is 7.92 Å². The molecule has 0 unspecified atom stereocenters. The maximum atomic E-state index is 12.8. The van der Waals surface area contributed by atoms with Crippen molar-refractivity contribution in [1.82, 2.24) is 15.7 Å². The lowest BCUT2D eigenvalue weighted by atomic mass is 9.90. The van der Waals surface area contributed by atoms with E-state index in [1.807, 2.05) is 26.0 Å². The van der Waals surface area contributed by atoms with E-state index in [4.69, 9.17) is 11.5 Å². The van der Waals surface area contributed by atoms with Gasteiger partial charge in [0, 0.05) is 56.3 Å². The molecule has 2 aromatic carbocycles. The highest BCUT2D eigenvalue weighted by Gasteiger charge is 2.32. The molecule has 51 heavy (non-hydrogen) atoms. The van der Waals surface area contributed by atoms with Crippen LogP contribution < -0.4 is 32.7 Å². The second-order valence-electron chi connectivity index (χ2n) is 13.4. The monoisotopic (exact) mass is 723 g/mol. The number of hydroxylamine groups is 2. The van der Waals surface area contributed by atoms with Gasteiger partial charge in [-0.25, -0.2) is 4.79 Å². The highest BCUT2D eigenvalue weighted by atomic mass is 31.1. The van der Waals surface area contributed by atoms with Crippen molar-refractivity contribution >= 4 is 48.1 Å². The van der Waals surface area contributed by atoms with Gasteiger partial charge in [-0.1, -0.05) is 100 Å². The number of benzene rings is 2. The van der Waals surface area contributed by atoms with Crippen molar-refractivity contribution in [2.75, 3.05) is 6.16 Å². The molecular formula is C39H58N5O6P. The van der Waals surface area contributed by atoms with Gasteiger partial charge in [-0.15, -0.1) is 5.06 Å². The number of carbonyl (C=O) groups excluding carboxylic acids is 5. The van der Waals surface area contributed by atoms with Crippen LogP contribution in [0.4, 0.5) is 0 Å². The molecule has 1 aliphatic heterocycles. The van der Waals surface area contributed by atoms with Crippen LogP contribution in [0.3, 0.4) is 0 Å². The number of rotatable bonds is 12. The first-order valence-corrected chi connectivity index (χ1v) is 20.2. The average Bonchev–Trinajstić information content (AvgIpc) is 3.44. The Morgan fingerprint density at radius 1 is 0.686 bits per heavy atom. The van der Waals surface area contributed by atoms with E-state index in [0.29, 0.717) is 24.3 Å². The SMILES string of the molecule is CCCC(=O)N[C@@H]1CCCC[C@H]1NC(=O)CCP(c1ccccc1)c1ccccc1.CCCC(=O)ON1C(=O)CCC1=O.N[C@@H]1CCCC[C@H]1N. The molecule has 0 spiro atoms. The van der Waals surface area contributed by atoms with Gasteiger partial charge in [0.25, 0.3) is 11.8 Å². The van der Waals surface area contributed by atoms with Gasteiger partial charge in [-0.05, 0) is 63.2 Å². The minimum atomic E-state index is -0.567. The Morgan fingerprint density at radius 3 is 1.55 bits per heavy atom. The van der Waals surface area contributed by atoms with Crippen molar-refractivity contribution in [3.05, 3.63) is 60.7 Å². The lowest BCUT2D eigenvalue weighted by Crippen LogP contribution is -2.53. The third-order valence-corrected chi connectivity index (χ3v) is 11.7. The van der Waals surface area contributed by atoms with Crippen molar-refractivity contribution < 1.29 is 28.8 Å². The molecule has 2 aromatic rings. The van der Waals surface area contributed by atoms with Crippen molar-refractivity contribution in [3.8, 4) is 0 Å². The molecule has 0 aromatic heterocycles. The summed E-state index contributed by atoms with van der Waals surface area (Å²) < 4.78 is 0. The van der Waals surface area contributed by atoms with Gasteiger partial charge < -0.3 is 26.9 Å². The van der Waals surface area contributed by atoms with Crippen LogP contribution in [0.15, 0.2) is 60.7 Å². The summed E-state index contributed by atoms with van der Waals surface area (Å²) >= 11 is 0. The molecule has 4 amide bonds. The average molecular weight is 724 g/mol. The van der Waals surface area contributed by atoms with Gasteiger partial charge in [0.2, 0.25) is 11.8 Å². The first-order chi connectivity index (χ1) is 24.6. The Bertz CT molecular complexity index is 1320. The molecule has 2 saturated carbocycles. The van der Waals surface area contributed by atoms with Crippen molar-refractivity contribution in [2.45, 2.75) is 134 Å².